The molecule has 0 atom stereocenters. The Morgan fingerprint density at radius 1 is 1.30 bits per heavy atom. The maximum absolute atomic E-state index is 10.9. The topological polar surface area (TPSA) is 101 Å². The molecule has 0 saturated carbocycles. The quantitative estimate of drug-likeness (QED) is 0.756. The van der Waals surface area contributed by atoms with Crippen LogP contribution in [-0.4, -0.2) is 31.0 Å². The number of ether oxygens (including phenoxy) is 1. The molecule has 7 heteroatoms. The lowest BCUT2D eigenvalue weighted by Crippen LogP contribution is -1.98. The van der Waals surface area contributed by atoms with Crippen molar-refractivity contribution in [3.8, 4) is 11.6 Å². The van der Waals surface area contributed by atoms with E-state index >= 15 is 0 Å². The van der Waals surface area contributed by atoms with Crippen LogP contribution in [0.4, 0.5) is 0 Å². The SMILES string of the molecule is Cc1cc(C(=O)O)ccc1Oc1ncnc2nc[nH]c12. The van der Waals surface area contributed by atoms with Crippen LogP contribution in [0.25, 0.3) is 11.2 Å². The van der Waals surface area contributed by atoms with Crippen LogP contribution in [-0.2, 0) is 0 Å². The fourth-order valence-electron chi connectivity index (χ4n) is 1.82. The number of aromatic carboxylic acids is 1. The number of hydrogen-bond donors (Lipinski definition) is 2. The Bertz CT molecular complexity index is 797. The van der Waals surface area contributed by atoms with Crippen molar-refractivity contribution >= 4 is 17.1 Å². The minimum Gasteiger partial charge on any atom is -0.478 e. The summed E-state index contributed by atoms with van der Waals surface area (Å²) < 4.78 is 5.70. The molecule has 1 aromatic carbocycles. The number of fused-ring (bicyclic) bond motifs is 1. The average Bonchev–Trinajstić information content (AvgIpc) is 2.90. The van der Waals surface area contributed by atoms with Gasteiger partial charge >= 0.3 is 5.97 Å². The summed E-state index contributed by atoms with van der Waals surface area (Å²) in [5.41, 5.74) is 2.02. The van der Waals surface area contributed by atoms with E-state index in [9.17, 15) is 4.79 Å². The zero-order chi connectivity index (χ0) is 14.1. The Kier molecular flexibility index (Phi) is 2.79. The summed E-state index contributed by atoms with van der Waals surface area (Å²) in [7, 11) is 0. The van der Waals surface area contributed by atoms with E-state index < -0.39 is 5.97 Å². The first kappa shape index (κ1) is 12.1. The molecule has 0 spiro atoms. The van der Waals surface area contributed by atoms with Gasteiger partial charge in [0.1, 0.15) is 17.6 Å². The summed E-state index contributed by atoms with van der Waals surface area (Å²) in [6, 6.07) is 4.63. The number of carboxylic acid groups (broad SMARTS) is 1. The van der Waals surface area contributed by atoms with Crippen molar-refractivity contribution in [2.45, 2.75) is 6.92 Å². The highest BCUT2D eigenvalue weighted by Crippen LogP contribution is 2.27. The molecule has 0 unspecified atom stereocenters. The van der Waals surface area contributed by atoms with Crippen molar-refractivity contribution in [2.24, 2.45) is 0 Å². The van der Waals surface area contributed by atoms with Crippen LogP contribution in [0.5, 0.6) is 11.6 Å². The van der Waals surface area contributed by atoms with Gasteiger partial charge < -0.3 is 14.8 Å². The number of carboxylic acids is 1. The third-order valence-electron chi connectivity index (χ3n) is 2.82. The Morgan fingerprint density at radius 3 is 2.90 bits per heavy atom. The summed E-state index contributed by atoms with van der Waals surface area (Å²) in [5.74, 6) is -0.0964. The summed E-state index contributed by atoms with van der Waals surface area (Å²) in [6.45, 7) is 1.77. The van der Waals surface area contributed by atoms with Crippen LogP contribution in [0, 0.1) is 6.92 Å². The fraction of sp³-hybridized carbons (Fsp3) is 0.0769. The van der Waals surface area contributed by atoms with Gasteiger partial charge in [-0.15, -0.1) is 0 Å². The molecule has 3 rings (SSSR count). The number of carbonyl (C=O) groups is 1. The smallest absolute Gasteiger partial charge is 0.335 e. The second kappa shape index (κ2) is 4.61. The van der Waals surface area contributed by atoms with Gasteiger partial charge in [-0.3, -0.25) is 0 Å². The van der Waals surface area contributed by atoms with E-state index in [0.29, 0.717) is 28.4 Å². The lowest BCUT2D eigenvalue weighted by atomic mass is 10.1. The molecule has 0 bridgehead atoms. The van der Waals surface area contributed by atoms with Gasteiger partial charge in [0.25, 0.3) is 0 Å². The minimum atomic E-state index is -0.974. The third-order valence-corrected chi connectivity index (χ3v) is 2.82. The number of nitrogens with one attached hydrogen (secondary N) is 1. The Morgan fingerprint density at radius 2 is 2.15 bits per heavy atom. The zero-order valence-corrected chi connectivity index (χ0v) is 10.5. The van der Waals surface area contributed by atoms with E-state index in [4.69, 9.17) is 9.84 Å². The van der Waals surface area contributed by atoms with Crippen LogP contribution in [0.2, 0.25) is 0 Å². The molecule has 2 N–H and O–H groups in total. The standard InChI is InChI=1S/C13H10N4O3/c1-7-4-8(13(18)19)2-3-9(7)20-12-10-11(15-5-14-10)16-6-17-12/h2-6H,1H3,(H,18,19)(H,14,15,16,17). The first-order valence-corrected chi connectivity index (χ1v) is 5.81. The largest absolute Gasteiger partial charge is 0.478 e. The summed E-state index contributed by atoms with van der Waals surface area (Å²) in [4.78, 5) is 25.9. The van der Waals surface area contributed by atoms with Crippen LogP contribution in [0.15, 0.2) is 30.9 Å². The zero-order valence-electron chi connectivity index (χ0n) is 10.5. The van der Waals surface area contributed by atoms with Crippen molar-refractivity contribution in [3.05, 3.63) is 42.0 Å². The molecule has 0 aliphatic rings. The molecule has 2 heterocycles. The molecular formula is C13H10N4O3. The lowest BCUT2D eigenvalue weighted by Gasteiger charge is -2.08. The number of nitrogens with zero attached hydrogens (tertiary/aromatic N) is 3. The summed E-state index contributed by atoms with van der Waals surface area (Å²) in [6.07, 6.45) is 2.87. The van der Waals surface area contributed by atoms with Crippen LogP contribution >= 0.6 is 0 Å². The predicted octanol–water partition coefficient (Wildman–Crippen LogP) is 2.15. The van der Waals surface area contributed by atoms with E-state index in [1.165, 1.54) is 18.7 Å². The first-order chi connectivity index (χ1) is 9.65. The Hall–Kier alpha value is -2.96. The highest BCUT2D eigenvalue weighted by molar-refractivity contribution is 5.88. The molecule has 0 saturated heterocycles. The number of H-pyrrole nitrogens is 1. The summed E-state index contributed by atoms with van der Waals surface area (Å²) >= 11 is 0. The van der Waals surface area contributed by atoms with E-state index in [0.717, 1.165) is 0 Å². The molecule has 2 aromatic heterocycles. The molecular weight excluding hydrogens is 260 g/mol. The molecule has 0 aliphatic carbocycles. The molecule has 20 heavy (non-hydrogen) atoms. The second-order valence-corrected chi connectivity index (χ2v) is 4.17. The molecule has 0 radical (unpaired) electrons. The maximum Gasteiger partial charge on any atom is 0.335 e. The highest BCUT2D eigenvalue weighted by atomic mass is 16.5. The Labute approximate surface area is 113 Å². The monoisotopic (exact) mass is 270 g/mol. The van der Waals surface area contributed by atoms with Crippen molar-refractivity contribution in [2.75, 3.05) is 0 Å². The number of aryl methyl sites for hydroxylation is 1. The van der Waals surface area contributed by atoms with Gasteiger partial charge in [0.05, 0.1) is 11.9 Å². The molecule has 3 aromatic rings. The number of aromatic amines is 1. The molecule has 0 aliphatic heterocycles. The second-order valence-electron chi connectivity index (χ2n) is 4.17. The molecule has 0 amide bonds. The number of benzene rings is 1. The van der Waals surface area contributed by atoms with Gasteiger partial charge in [0.2, 0.25) is 5.88 Å². The number of rotatable bonds is 3. The van der Waals surface area contributed by atoms with E-state index in [1.807, 2.05) is 0 Å². The molecule has 100 valence electrons. The normalized spacial score (nSPS) is 10.7. The van der Waals surface area contributed by atoms with E-state index in [-0.39, 0.29) is 5.56 Å². The molecule has 7 nitrogen and oxygen atoms in total. The summed E-state index contributed by atoms with van der Waals surface area (Å²) in [5, 5.41) is 8.93. The van der Waals surface area contributed by atoms with Crippen molar-refractivity contribution < 1.29 is 14.6 Å². The third kappa shape index (κ3) is 2.05. The number of imidazole rings is 1. The highest BCUT2D eigenvalue weighted by Gasteiger charge is 2.11. The van der Waals surface area contributed by atoms with E-state index in [2.05, 4.69) is 19.9 Å². The van der Waals surface area contributed by atoms with Crippen molar-refractivity contribution in [3.63, 3.8) is 0 Å². The Balaban J connectivity index is 1.99. The minimum absolute atomic E-state index is 0.212. The number of hydrogen-bond acceptors (Lipinski definition) is 5. The lowest BCUT2D eigenvalue weighted by molar-refractivity contribution is 0.0697. The van der Waals surface area contributed by atoms with Gasteiger partial charge in [-0.2, -0.15) is 4.98 Å². The maximum atomic E-state index is 10.9. The van der Waals surface area contributed by atoms with Gasteiger partial charge in [0.15, 0.2) is 5.65 Å². The fourth-order valence-corrected chi connectivity index (χ4v) is 1.82. The van der Waals surface area contributed by atoms with Crippen molar-refractivity contribution in [1.29, 1.82) is 0 Å². The number of aromatic nitrogens is 4. The van der Waals surface area contributed by atoms with Gasteiger partial charge in [-0.1, -0.05) is 0 Å². The van der Waals surface area contributed by atoms with Gasteiger partial charge in [0, 0.05) is 0 Å². The first-order valence-electron chi connectivity index (χ1n) is 5.81. The average molecular weight is 270 g/mol. The van der Waals surface area contributed by atoms with E-state index in [1.54, 1.807) is 19.1 Å². The van der Waals surface area contributed by atoms with Gasteiger partial charge in [-0.05, 0) is 30.7 Å². The predicted molar refractivity (Wildman–Crippen MR) is 69.9 cm³/mol. The molecule has 0 fully saturated rings. The van der Waals surface area contributed by atoms with Crippen LogP contribution in [0.1, 0.15) is 15.9 Å². The van der Waals surface area contributed by atoms with Crippen LogP contribution in [0.3, 0.4) is 0 Å². The van der Waals surface area contributed by atoms with Gasteiger partial charge in [-0.25, -0.2) is 14.8 Å². The van der Waals surface area contributed by atoms with Crippen LogP contribution < -0.4 is 4.74 Å². The van der Waals surface area contributed by atoms with Crippen molar-refractivity contribution in [1.82, 2.24) is 19.9 Å².